The van der Waals surface area contributed by atoms with E-state index in [4.69, 9.17) is 11.6 Å². The first-order valence-corrected chi connectivity index (χ1v) is 5.42. The van der Waals surface area contributed by atoms with Gasteiger partial charge in [-0.25, -0.2) is 4.39 Å². The van der Waals surface area contributed by atoms with E-state index in [0.29, 0.717) is 10.0 Å². The molecule has 0 aliphatic carbocycles. The molecular weight excluding hydrogens is 326 g/mol. The summed E-state index contributed by atoms with van der Waals surface area (Å²) >= 11 is 11.4. The van der Waals surface area contributed by atoms with E-state index in [1.165, 1.54) is 12.1 Å². The van der Waals surface area contributed by atoms with E-state index < -0.39 is 5.82 Å². The average molecular weight is 330 g/mol. The van der Waals surface area contributed by atoms with Gasteiger partial charge in [-0.3, -0.25) is 4.79 Å². The first-order valence-electron chi connectivity index (χ1n) is 3.30. The van der Waals surface area contributed by atoms with Crippen LogP contribution in [0, 0.1) is 5.82 Å². The SMILES string of the molecule is O=C(CCl)c1cc(Br)c(F)cc1Br. The summed E-state index contributed by atoms with van der Waals surface area (Å²) in [6.07, 6.45) is 0. The predicted octanol–water partition coefficient (Wildman–Crippen LogP) is 3.77. The molecule has 0 fully saturated rings. The molecule has 0 atom stereocenters. The van der Waals surface area contributed by atoms with Crippen LogP contribution in [0.15, 0.2) is 21.1 Å². The van der Waals surface area contributed by atoms with Crippen molar-refractivity contribution in [2.24, 2.45) is 0 Å². The summed E-state index contributed by atoms with van der Waals surface area (Å²) in [7, 11) is 0. The van der Waals surface area contributed by atoms with Crippen molar-refractivity contribution in [2.75, 3.05) is 5.88 Å². The number of hydrogen-bond donors (Lipinski definition) is 0. The Balaban J connectivity index is 3.23. The highest BCUT2D eigenvalue weighted by Gasteiger charge is 2.12. The molecule has 1 aromatic rings. The van der Waals surface area contributed by atoms with Gasteiger partial charge in [0.1, 0.15) is 5.82 Å². The van der Waals surface area contributed by atoms with Crippen LogP contribution in [-0.4, -0.2) is 11.7 Å². The number of hydrogen-bond acceptors (Lipinski definition) is 1. The lowest BCUT2D eigenvalue weighted by atomic mass is 10.1. The molecule has 0 saturated carbocycles. The number of benzene rings is 1. The Kier molecular flexibility index (Phi) is 3.88. The summed E-state index contributed by atoms with van der Waals surface area (Å²) in [6.45, 7) is 0. The normalized spacial score (nSPS) is 10.2. The molecule has 0 aromatic heterocycles. The molecule has 0 heterocycles. The standard InChI is InChI=1S/C8H4Br2ClFO/c9-5-2-7(12)6(10)1-4(5)8(13)3-11/h1-2H,3H2. The molecule has 0 aliphatic rings. The van der Waals surface area contributed by atoms with Crippen molar-refractivity contribution < 1.29 is 9.18 Å². The number of carbonyl (C=O) groups is 1. The molecule has 0 bridgehead atoms. The van der Waals surface area contributed by atoms with Gasteiger partial charge in [0.25, 0.3) is 0 Å². The molecule has 1 nitrogen and oxygen atoms in total. The molecule has 0 unspecified atom stereocenters. The van der Waals surface area contributed by atoms with Crippen molar-refractivity contribution in [1.29, 1.82) is 0 Å². The smallest absolute Gasteiger partial charge is 0.178 e. The zero-order chi connectivity index (χ0) is 10.0. The summed E-state index contributed by atoms with van der Waals surface area (Å²) in [5, 5.41) is 0. The van der Waals surface area contributed by atoms with Crippen molar-refractivity contribution in [3.63, 3.8) is 0 Å². The Labute approximate surface area is 96.5 Å². The maximum absolute atomic E-state index is 12.9. The molecular formula is C8H4Br2ClFO. The van der Waals surface area contributed by atoms with Crippen LogP contribution in [-0.2, 0) is 0 Å². The van der Waals surface area contributed by atoms with Gasteiger partial charge in [0.2, 0.25) is 0 Å². The number of rotatable bonds is 2. The van der Waals surface area contributed by atoms with Gasteiger partial charge in [0, 0.05) is 10.0 Å². The highest BCUT2D eigenvalue weighted by molar-refractivity contribution is 9.11. The van der Waals surface area contributed by atoms with Crippen LogP contribution in [0.25, 0.3) is 0 Å². The van der Waals surface area contributed by atoms with E-state index in [-0.39, 0.29) is 16.1 Å². The van der Waals surface area contributed by atoms with Gasteiger partial charge in [0.15, 0.2) is 5.78 Å². The monoisotopic (exact) mass is 328 g/mol. The molecule has 0 saturated heterocycles. The molecule has 5 heteroatoms. The minimum Gasteiger partial charge on any atom is -0.293 e. The Bertz CT molecular complexity index is 354. The minimum atomic E-state index is -0.419. The van der Waals surface area contributed by atoms with Gasteiger partial charge < -0.3 is 0 Å². The van der Waals surface area contributed by atoms with E-state index in [0.717, 1.165) is 0 Å². The summed E-state index contributed by atoms with van der Waals surface area (Å²) < 4.78 is 13.6. The number of alkyl halides is 1. The molecule has 13 heavy (non-hydrogen) atoms. The summed E-state index contributed by atoms with van der Waals surface area (Å²) in [4.78, 5) is 11.2. The van der Waals surface area contributed by atoms with E-state index in [1.807, 2.05) is 0 Å². The molecule has 0 radical (unpaired) electrons. The van der Waals surface area contributed by atoms with Crippen LogP contribution in [0.4, 0.5) is 4.39 Å². The topological polar surface area (TPSA) is 17.1 Å². The van der Waals surface area contributed by atoms with Crippen LogP contribution in [0.1, 0.15) is 10.4 Å². The van der Waals surface area contributed by atoms with Crippen molar-refractivity contribution >= 4 is 49.2 Å². The maximum Gasteiger partial charge on any atom is 0.178 e. The zero-order valence-electron chi connectivity index (χ0n) is 6.28. The Morgan fingerprint density at radius 2 is 2.00 bits per heavy atom. The molecule has 1 aromatic carbocycles. The van der Waals surface area contributed by atoms with E-state index in [1.54, 1.807) is 0 Å². The van der Waals surface area contributed by atoms with E-state index in [9.17, 15) is 9.18 Å². The summed E-state index contributed by atoms with van der Waals surface area (Å²) in [5.41, 5.74) is 0.378. The number of halogens is 4. The molecule has 1 rings (SSSR count). The maximum atomic E-state index is 12.9. The second-order valence-corrected chi connectivity index (χ2v) is 4.28. The molecule has 0 aliphatic heterocycles. The van der Waals surface area contributed by atoms with Gasteiger partial charge in [-0.05, 0) is 44.0 Å². The fourth-order valence-electron chi connectivity index (χ4n) is 0.808. The second kappa shape index (κ2) is 4.53. The van der Waals surface area contributed by atoms with E-state index in [2.05, 4.69) is 31.9 Å². The van der Waals surface area contributed by atoms with Crippen LogP contribution in [0.3, 0.4) is 0 Å². The lowest BCUT2D eigenvalue weighted by molar-refractivity contribution is 0.102. The quantitative estimate of drug-likeness (QED) is 0.458. The molecule has 0 spiro atoms. The average Bonchev–Trinajstić information content (AvgIpc) is 2.10. The minimum absolute atomic E-state index is 0.114. The Morgan fingerprint density at radius 3 is 2.54 bits per heavy atom. The lowest BCUT2D eigenvalue weighted by Crippen LogP contribution is -2.02. The molecule has 0 N–H and O–H groups in total. The van der Waals surface area contributed by atoms with Crippen molar-refractivity contribution in [3.8, 4) is 0 Å². The number of ketones is 1. The highest BCUT2D eigenvalue weighted by Crippen LogP contribution is 2.25. The van der Waals surface area contributed by atoms with Gasteiger partial charge in [-0.2, -0.15) is 0 Å². The molecule has 70 valence electrons. The first-order chi connectivity index (χ1) is 6.06. The second-order valence-electron chi connectivity index (χ2n) is 2.30. The van der Waals surface area contributed by atoms with Crippen molar-refractivity contribution in [2.45, 2.75) is 0 Å². The molecule has 0 amide bonds. The van der Waals surface area contributed by atoms with Gasteiger partial charge in [0.05, 0.1) is 10.4 Å². The van der Waals surface area contributed by atoms with Crippen LogP contribution >= 0.6 is 43.5 Å². The van der Waals surface area contributed by atoms with Gasteiger partial charge >= 0.3 is 0 Å². The van der Waals surface area contributed by atoms with Gasteiger partial charge in [-0.1, -0.05) is 0 Å². The lowest BCUT2D eigenvalue weighted by Gasteiger charge is -2.02. The summed E-state index contributed by atoms with van der Waals surface area (Å²) in [5.74, 6) is -0.774. The largest absolute Gasteiger partial charge is 0.293 e. The number of carbonyl (C=O) groups excluding carboxylic acids is 1. The first kappa shape index (κ1) is 11.1. The van der Waals surface area contributed by atoms with Crippen molar-refractivity contribution in [1.82, 2.24) is 0 Å². The van der Waals surface area contributed by atoms with Crippen molar-refractivity contribution in [3.05, 3.63) is 32.5 Å². The Hall–Kier alpha value is 0.0700. The fraction of sp³-hybridized carbons (Fsp3) is 0.125. The van der Waals surface area contributed by atoms with Crippen LogP contribution in [0.5, 0.6) is 0 Å². The predicted molar refractivity (Wildman–Crippen MR) is 56.9 cm³/mol. The Morgan fingerprint density at radius 1 is 1.38 bits per heavy atom. The third-order valence-electron chi connectivity index (χ3n) is 1.43. The van der Waals surface area contributed by atoms with Crippen LogP contribution in [0.2, 0.25) is 0 Å². The zero-order valence-corrected chi connectivity index (χ0v) is 10.2. The highest BCUT2D eigenvalue weighted by atomic mass is 79.9. The fourth-order valence-corrected chi connectivity index (χ4v) is 1.83. The summed E-state index contributed by atoms with van der Waals surface area (Å²) in [6, 6.07) is 2.63. The number of Topliss-reactive ketones (excluding diaryl/α,β-unsaturated/α-hetero) is 1. The van der Waals surface area contributed by atoms with Crippen LogP contribution < -0.4 is 0 Å². The van der Waals surface area contributed by atoms with E-state index >= 15 is 0 Å². The van der Waals surface area contributed by atoms with Gasteiger partial charge in [-0.15, -0.1) is 11.6 Å². The third kappa shape index (κ3) is 2.51. The third-order valence-corrected chi connectivity index (χ3v) is 2.94.